The molecule has 2 aromatic rings. The van der Waals surface area contributed by atoms with Crippen LogP contribution in [0.25, 0.3) is 0 Å². The van der Waals surface area contributed by atoms with Crippen LogP contribution in [0.2, 0.25) is 5.02 Å². The molecule has 0 saturated carbocycles. The molecule has 0 aliphatic carbocycles. The largest absolute Gasteiger partial charge is 0.485 e. The number of carbonyl (C=O) groups excluding carboxylic acids is 2. The first kappa shape index (κ1) is 17.5. The molecule has 1 unspecified atom stereocenters. The molecule has 26 heavy (non-hydrogen) atoms. The number of hydrogen-bond donors (Lipinski definition) is 2. The standard InChI is InChI=1S/C16H12ClN3O6/c17-11-7-9(20(23)24)5-6-10(11)15(21)18-19-16(22)14-8-25-12-3-1-2-4-13(12)26-14/h1-7,14H,8H2,(H,18,21)(H,19,22). The quantitative estimate of drug-likeness (QED) is 0.622. The number of para-hydroxylation sites is 2. The number of nitro groups is 1. The summed E-state index contributed by atoms with van der Waals surface area (Å²) in [5.74, 6) is -0.400. The van der Waals surface area contributed by atoms with Gasteiger partial charge >= 0.3 is 0 Å². The highest BCUT2D eigenvalue weighted by Crippen LogP contribution is 2.30. The van der Waals surface area contributed by atoms with Gasteiger partial charge in [-0.2, -0.15) is 0 Å². The van der Waals surface area contributed by atoms with Gasteiger partial charge in [0.15, 0.2) is 11.5 Å². The van der Waals surface area contributed by atoms with Crippen LogP contribution in [-0.4, -0.2) is 29.4 Å². The molecule has 0 radical (unpaired) electrons. The van der Waals surface area contributed by atoms with Crippen molar-refractivity contribution >= 4 is 29.1 Å². The summed E-state index contributed by atoms with van der Waals surface area (Å²) in [6, 6.07) is 10.3. The number of hydrazine groups is 1. The van der Waals surface area contributed by atoms with E-state index in [2.05, 4.69) is 10.9 Å². The van der Waals surface area contributed by atoms with Crippen molar-refractivity contribution in [3.05, 3.63) is 63.2 Å². The Morgan fingerprint density at radius 1 is 1.15 bits per heavy atom. The lowest BCUT2D eigenvalue weighted by Gasteiger charge is -2.25. The molecular weight excluding hydrogens is 366 g/mol. The summed E-state index contributed by atoms with van der Waals surface area (Å²) in [5, 5.41) is 10.6. The Hall–Kier alpha value is -3.33. The van der Waals surface area contributed by atoms with Gasteiger partial charge in [0.05, 0.1) is 15.5 Å². The van der Waals surface area contributed by atoms with E-state index in [9.17, 15) is 19.7 Å². The molecule has 134 valence electrons. The Morgan fingerprint density at radius 2 is 1.88 bits per heavy atom. The Kier molecular flexibility index (Phi) is 4.90. The van der Waals surface area contributed by atoms with Gasteiger partial charge in [0.2, 0.25) is 6.10 Å². The lowest BCUT2D eigenvalue weighted by Crippen LogP contribution is -2.50. The first-order chi connectivity index (χ1) is 12.5. The van der Waals surface area contributed by atoms with Crippen LogP contribution in [0.4, 0.5) is 5.69 Å². The Labute approximate surface area is 152 Å². The molecule has 1 atom stereocenters. The summed E-state index contributed by atoms with van der Waals surface area (Å²) < 4.78 is 10.9. The topological polar surface area (TPSA) is 120 Å². The monoisotopic (exact) mass is 377 g/mol. The minimum absolute atomic E-state index is 0.0169. The van der Waals surface area contributed by atoms with Crippen molar-refractivity contribution in [3.8, 4) is 11.5 Å². The van der Waals surface area contributed by atoms with Crippen LogP contribution in [0.5, 0.6) is 11.5 Å². The Balaban J connectivity index is 1.60. The molecule has 1 aliphatic rings. The number of rotatable bonds is 3. The number of hydrogen-bond acceptors (Lipinski definition) is 6. The summed E-state index contributed by atoms with van der Waals surface area (Å²) in [4.78, 5) is 34.2. The van der Waals surface area contributed by atoms with Crippen molar-refractivity contribution in [1.82, 2.24) is 10.9 Å². The number of ether oxygens (including phenoxy) is 2. The first-order valence-corrected chi connectivity index (χ1v) is 7.76. The number of nitro benzene ring substituents is 1. The molecule has 3 rings (SSSR count). The summed E-state index contributed by atoms with van der Waals surface area (Å²) in [5.41, 5.74) is 4.12. The number of halogens is 1. The van der Waals surface area contributed by atoms with E-state index in [0.717, 1.165) is 12.1 Å². The number of fused-ring (bicyclic) bond motifs is 1. The molecule has 1 heterocycles. The number of benzene rings is 2. The third-order valence-corrected chi connectivity index (χ3v) is 3.82. The van der Waals surface area contributed by atoms with E-state index in [1.54, 1.807) is 24.3 Å². The van der Waals surface area contributed by atoms with Crippen molar-refractivity contribution in [2.45, 2.75) is 6.10 Å². The van der Waals surface area contributed by atoms with Gasteiger partial charge in [-0.25, -0.2) is 0 Å². The maximum atomic E-state index is 12.1. The minimum Gasteiger partial charge on any atom is -0.485 e. The predicted octanol–water partition coefficient (Wildman–Crippen LogP) is 1.85. The summed E-state index contributed by atoms with van der Waals surface area (Å²) >= 11 is 5.87. The summed E-state index contributed by atoms with van der Waals surface area (Å²) in [6.45, 7) is -0.0169. The third kappa shape index (κ3) is 3.67. The third-order valence-electron chi connectivity index (χ3n) is 3.51. The Morgan fingerprint density at radius 3 is 2.58 bits per heavy atom. The highest BCUT2D eigenvalue weighted by Gasteiger charge is 2.27. The predicted molar refractivity (Wildman–Crippen MR) is 90.1 cm³/mol. The second-order valence-corrected chi connectivity index (χ2v) is 5.64. The van der Waals surface area contributed by atoms with E-state index in [4.69, 9.17) is 21.1 Å². The van der Waals surface area contributed by atoms with Crippen LogP contribution < -0.4 is 20.3 Å². The van der Waals surface area contributed by atoms with E-state index < -0.39 is 22.8 Å². The van der Waals surface area contributed by atoms with Gasteiger partial charge in [-0.1, -0.05) is 23.7 Å². The molecule has 2 aromatic carbocycles. The molecule has 0 bridgehead atoms. The fourth-order valence-corrected chi connectivity index (χ4v) is 2.48. The van der Waals surface area contributed by atoms with Crippen molar-refractivity contribution < 1.29 is 24.0 Å². The van der Waals surface area contributed by atoms with E-state index in [1.807, 2.05) is 0 Å². The van der Waals surface area contributed by atoms with Crippen LogP contribution in [0.15, 0.2) is 42.5 Å². The molecule has 0 spiro atoms. The lowest BCUT2D eigenvalue weighted by molar-refractivity contribution is -0.384. The van der Waals surface area contributed by atoms with Crippen molar-refractivity contribution in [3.63, 3.8) is 0 Å². The molecular formula is C16H12ClN3O6. The molecule has 10 heteroatoms. The number of non-ortho nitro benzene ring substituents is 1. The highest BCUT2D eigenvalue weighted by atomic mass is 35.5. The first-order valence-electron chi connectivity index (χ1n) is 7.38. The lowest BCUT2D eigenvalue weighted by atomic mass is 10.2. The van der Waals surface area contributed by atoms with Crippen LogP contribution in [0.1, 0.15) is 10.4 Å². The fraction of sp³-hybridized carbons (Fsp3) is 0.125. The van der Waals surface area contributed by atoms with Gasteiger partial charge in [0, 0.05) is 12.1 Å². The number of nitrogens with one attached hydrogen (secondary N) is 2. The zero-order valence-electron chi connectivity index (χ0n) is 13.1. The average molecular weight is 378 g/mol. The van der Waals surface area contributed by atoms with E-state index in [1.165, 1.54) is 6.07 Å². The number of carbonyl (C=O) groups is 2. The van der Waals surface area contributed by atoms with Crippen LogP contribution in [0.3, 0.4) is 0 Å². The number of amides is 2. The molecule has 9 nitrogen and oxygen atoms in total. The zero-order valence-corrected chi connectivity index (χ0v) is 13.9. The Bertz CT molecular complexity index is 888. The van der Waals surface area contributed by atoms with Gasteiger partial charge in [0.25, 0.3) is 17.5 Å². The zero-order chi connectivity index (χ0) is 18.7. The van der Waals surface area contributed by atoms with Gasteiger partial charge in [-0.3, -0.25) is 30.6 Å². The molecule has 1 aliphatic heterocycles. The number of nitrogens with zero attached hydrogens (tertiary/aromatic N) is 1. The SMILES string of the molecule is O=C(NNC(=O)C1COc2ccccc2O1)c1ccc([N+](=O)[O-])cc1Cl. The maximum absolute atomic E-state index is 12.1. The molecule has 2 N–H and O–H groups in total. The highest BCUT2D eigenvalue weighted by molar-refractivity contribution is 6.34. The van der Waals surface area contributed by atoms with Gasteiger partial charge in [-0.15, -0.1) is 0 Å². The van der Waals surface area contributed by atoms with Gasteiger partial charge in [-0.05, 0) is 18.2 Å². The van der Waals surface area contributed by atoms with Crippen LogP contribution >= 0.6 is 11.6 Å². The van der Waals surface area contributed by atoms with Crippen LogP contribution in [0, 0.1) is 10.1 Å². The second kappa shape index (κ2) is 7.28. The van der Waals surface area contributed by atoms with Gasteiger partial charge in [0.1, 0.15) is 6.61 Å². The average Bonchev–Trinajstić information content (AvgIpc) is 2.65. The van der Waals surface area contributed by atoms with Crippen LogP contribution in [-0.2, 0) is 4.79 Å². The normalized spacial score (nSPS) is 15.0. The van der Waals surface area contributed by atoms with Gasteiger partial charge < -0.3 is 9.47 Å². The molecule has 0 saturated heterocycles. The van der Waals surface area contributed by atoms with E-state index >= 15 is 0 Å². The van der Waals surface area contributed by atoms with E-state index in [-0.39, 0.29) is 22.9 Å². The molecule has 0 fully saturated rings. The fourth-order valence-electron chi connectivity index (χ4n) is 2.22. The van der Waals surface area contributed by atoms with Crippen molar-refractivity contribution in [2.75, 3.05) is 6.61 Å². The maximum Gasteiger partial charge on any atom is 0.283 e. The summed E-state index contributed by atoms with van der Waals surface area (Å²) in [6.07, 6.45) is -0.947. The summed E-state index contributed by atoms with van der Waals surface area (Å²) in [7, 11) is 0. The van der Waals surface area contributed by atoms with E-state index in [0.29, 0.717) is 11.5 Å². The molecule has 0 aromatic heterocycles. The molecule has 2 amide bonds. The smallest absolute Gasteiger partial charge is 0.283 e. The van der Waals surface area contributed by atoms with Crippen molar-refractivity contribution in [1.29, 1.82) is 0 Å². The second-order valence-electron chi connectivity index (χ2n) is 5.23. The minimum atomic E-state index is -0.947. The van der Waals surface area contributed by atoms with Crippen molar-refractivity contribution in [2.24, 2.45) is 0 Å².